The SMILES string of the molecule is CCOC(=O)C1=C(C)Nc2nc(N3CCOCC3)nc(N3CCOCC3)c2C1c1cccc2ccccc12. The molecule has 9 heteroatoms. The molecule has 6 rings (SSSR count). The zero-order chi connectivity index (χ0) is 26.1. The number of esters is 1. The number of aromatic nitrogens is 2. The summed E-state index contributed by atoms with van der Waals surface area (Å²) in [4.78, 5) is 28.2. The van der Waals surface area contributed by atoms with Gasteiger partial charge >= 0.3 is 5.97 Å². The predicted octanol–water partition coefficient (Wildman–Crippen LogP) is 3.70. The molecule has 0 spiro atoms. The van der Waals surface area contributed by atoms with E-state index < -0.39 is 5.92 Å². The van der Waals surface area contributed by atoms with Crippen LogP contribution in [0.2, 0.25) is 0 Å². The first-order valence-electron chi connectivity index (χ1n) is 13.4. The average Bonchev–Trinajstić information content (AvgIpc) is 2.96. The summed E-state index contributed by atoms with van der Waals surface area (Å²) in [6.45, 7) is 9.49. The monoisotopic (exact) mass is 515 g/mol. The van der Waals surface area contributed by atoms with Crippen molar-refractivity contribution in [2.45, 2.75) is 19.8 Å². The minimum Gasteiger partial charge on any atom is -0.463 e. The standard InChI is InChI=1S/C29H33N5O4/c1-3-38-28(35)23-19(2)30-26-25(24(23)22-10-6-8-20-7-4-5-9-21(20)22)27(33-11-15-36-16-12-33)32-29(31-26)34-13-17-37-18-14-34/h4-10,24H,3,11-18H2,1-2H3,(H,30,31,32). The Morgan fingerprint density at radius 3 is 2.39 bits per heavy atom. The average molecular weight is 516 g/mol. The van der Waals surface area contributed by atoms with Crippen LogP contribution in [0.4, 0.5) is 17.6 Å². The lowest BCUT2D eigenvalue weighted by Gasteiger charge is -2.37. The fourth-order valence-corrected chi connectivity index (χ4v) is 5.63. The Morgan fingerprint density at radius 2 is 1.66 bits per heavy atom. The molecule has 1 N–H and O–H groups in total. The molecule has 0 radical (unpaired) electrons. The number of nitrogens with one attached hydrogen (secondary N) is 1. The Labute approximate surface area is 222 Å². The molecule has 3 aromatic rings. The number of rotatable bonds is 5. The van der Waals surface area contributed by atoms with Crippen molar-refractivity contribution in [3.63, 3.8) is 0 Å². The maximum atomic E-state index is 13.5. The van der Waals surface area contributed by atoms with Gasteiger partial charge in [-0.25, -0.2) is 4.79 Å². The number of anilines is 3. The second kappa shape index (κ2) is 10.6. The van der Waals surface area contributed by atoms with Crippen LogP contribution >= 0.6 is 0 Å². The Bertz CT molecular complexity index is 1370. The zero-order valence-electron chi connectivity index (χ0n) is 21.9. The molecule has 4 heterocycles. The van der Waals surface area contributed by atoms with Crippen LogP contribution in [0.3, 0.4) is 0 Å². The molecule has 198 valence electrons. The van der Waals surface area contributed by atoms with Crippen molar-refractivity contribution < 1.29 is 19.0 Å². The highest BCUT2D eigenvalue weighted by Crippen LogP contribution is 2.47. The van der Waals surface area contributed by atoms with E-state index >= 15 is 0 Å². The summed E-state index contributed by atoms with van der Waals surface area (Å²) in [6.07, 6.45) is 0. The van der Waals surface area contributed by atoms with E-state index in [2.05, 4.69) is 45.4 Å². The lowest BCUT2D eigenvalue weighted by molar-refractivity contribution is -0.138. The first-order chi connectivity index (χ1) is 18.7. The van der Waals surface area contributed by atoms with Gasteiger partial charge in [0.25, 0.3) is 0 Å². The summed E-state index contributed by atoms with van der Waals surface area (Å²) in [6, 6.07) is 14.5. The van der Waals surface area contributed by atoms with E-state index in [0.29, 0.717) is 57.6 Å². The fraction of sp³-hybridized carbons (Fsp3) is 0.414. The van der Waals surface area contributed by atoms with Crippen LogP contribution in [-0.4, -0.2) is 75.2 Å². The van der Waals surface area contributed by atoms with E-state index in [0.717, 1.165) is 52.3 Å². The van der Waals surface area contributed by atoms with Crippen LogP contribution in [0.1, 0.15) is 30.9 Å². The number of allylic oxidation sites excluding steroid dienone is 1. The molecule has 9 nitrogen and oxygen atoms in total. The number of carbonyl (C=O) groups is 1. The largest absolute Gasteiger partial charge is 0.463 e. The van der Waals surface area contributed by atoms with Gasteiger partial charge in [0.1, 0.15) is 11.6 Å². The highest BCUT2D eigenvalue weighted by atomic mass is 16.5. The summed E-state index contributed by atoms with van der Waals surface area (Å²) in [5.41, 5.74) is 3.26. The van der Waals surface area contributed by atoms with Crippen LogP contribution in [0.25, 0.3) is 10.8 Å². The molecule has 2 aromatic carbocycles. The predicted molar refractivity (Wildman–Crippen MR) is 147 cm³/mol. The van der Waals surface area contributed by atoms with E-state index in [1.807, 2.05) is 26.0 Å². The number of fused-ring (bicyclic) bond motifs is 2. The number of carbonyl (C=O) groups excluding carboxylic acids is 1. The summed E-state index contributed by atoms with van der Waals surface area (Å²) in [5, 5.41) is 5.67. The van der Waals surface area contributed by atoms with Gasteiger partial charge in [-0.2, -0.15) is 9.97 Å². The van der Waals surface area contributed by atoms with Crippen molar-refractivity contribution in [1.82, 2.24) is 9.97 Å². The topological polar surface area (TPSA) is 89.0 Å². The lowest BCUT2D eigenvalue weighted by Crippen LogP contribution is -2.41. The van der Waals surface area contributed by atoms with Gasteiger partial charge < -0.3 is 29.3 Å². The van der Waals surface area contributed by atoms with Gasteiger partial charge in [-0.05, 0) is 30.2 Å². The van der Waals surface area contributed by atoms with E-state index in [1.165, 1.54) is 0 Å². The third-order valence-electron chi connectivity index (χ3n) is 7.44. The lowest BCUT2D eigenvalue weighted by atomic mass is 9.79. The number of morpholine rings is 2. The molecule has 0 saturated carbocycles. The van der Waals surface area contributed by atoms with Crippen LogP contribution in [-0.2, 0) is 19.0 Å². The molecule has 0 aliphatic carbocycles. The highest BCUT2D eigenvalue weighted by molar-refractivity contribution is 5.98. The van der Waals surface area contributed by atoms with Crippen LogP contribution in [0.15, 0.2) is 53.7 Å². The van der Waals surface area contributed by atoms with E-state index in [4.69, 9.17) is 24.2 Å². The Kier molecular flexibility index (Phi) is 6.86. The third-order valence-corrected chi connectivity index (χ3v) is 7.44. The van der Waals surface area contributed by atoms with Crippen molar-refractivity contribution >= 4 is 34.3 Å². The van der Waals surface area contributed by atoms with E-state index in [9.17, 15) is 4.79 Å². The second-order valence-electron chi connectivity index (χ2n) is 9.69. The number of benzene rings is 2. The van der Waals surface area contributed by atoms with Crippen LogP contribution in [0.5, 0.6) is 0 Å². The number of hydrogen-bond acceptors (Lipinski definition) is 9. The van der Waals surface area contributed by atoms with Crippen molar-refractivity contribution in [1.29, 1.82) is 0 Å². The smallest absolute Gasteiger partial charge is 0.336 e. The van der Waals surface area contributed by atoms with Gasteiger partial charge in [-0.15, -0.1) is 0 Å². The normalized spacial score (nSPS) is 19.8. The fourth-order valence-electron chi connectivity index (χ4n) is 5.63. The Hall–Kier alpha value is -3.69. The molecule has 2 saturated heterocycles. The summed E-state index contributed by atoms with van der Waals surface area (Å²) >= 11 is 0. The third kappa shape index (κ3) is 4.46. The molecule has 0 amide bonds. The summed E-state index contributed by atoms with van der Waals surface area (Å²) in [5.74, 6) is 1.51. The molecular weight excluding hydrogens is 482 g/mol. The van der Waals surface area contributed by atoms with Crippen LogP contribution in [0, 0.1) is 0 Å². The van der Waals surface area contributed by atoms with Gasteiger partial charge in [0.2, 0.25) is 5.95 Å². The molecular formula is C29H33N5O4. The minimum atomic E-state index is -0.395. The van der Waals surface area contributed by atoms with Gasteiger partial charge in [0.15, 0.2) is 0 Å². The minimum absolute atomic E-state index is 0.299. The molecule has 3 aliphatic rings. The van der Waals surface area contributed by atoms with Crippen molar-refractivity contribution in [2.75, 3.05) is 74.3 Å². The van der Waals surface area contributed by atoms with Gasteiger partial charge in [-0.1, -0.05) is 42.5 Å². The maximum Gasteiger partial charge on any atom is 0.336 e. The van der Waals surface area contributed by atoms with Gasteiger partial charge in [0, 0.05) is 37.4 Å². The molecule has 3 aliphatic heterocycles. The maximum absolute atomic E-state index is 13.5. The summed E-state index contributed by atoms with van der Waals surface area (Å²) < 4.78 is 16.9. The first-order valence-corrected chi connectivity index (χ1v) is 13.4. The number of nitrogens with zero attached hydrogens (tertiary/aromatic N) is 4. The van der Waals surface area contributed by atoms with Gasteiger partial charge in [-0.3, -0.25) is 0 Å². The quantitative estimate of drug-likeness (QED) is 0.511. The molecule has 2 fully saturated rings. The summed E-state index contributed by atoms with van der Waals surface area (Å²) in [7, 11) is 0. The molecule has 0 bridgehead atoms. The Morgan fingerprint density at radius 1 is 0.974 bits per heavy atom. The number of hydrogen-bond donors (Lipinski definition) is 1. The molecule has 1 aromatic heterocycles. The van der Waals surface area contributed by atoms with Crippen molar-refractivity contribution in [2.24, 2.45) is 0 Å². The Balaban J connectivity index is 1.60. The number of ether oxygens (including phenoxy) is 3. The van der Waals surface area contributed by atoms with E-state index in [1.54, 1.807) is 0 Å². The zero-order valence-corrected chi connectivity index (χ0v) is 21.9. The molecule has 1 atom stereocenters. The van der Waals surface area contributed by atoms with Crippen molar-refractivity contribution in [3.05, 3.63) is 64.9 Å². The molecule has 1 unspecified atom stereocenters. The highest BCUT2D eigenvalue weighted by Gasteiger charge is 2.39. The second-order valence-corrected chi connectivity index (χ2v) is 9.69. The molecule has 38 heavy (non-hydrogen) atoms. The van der Waals surface area contributed by atoms with Gasteiger partial charge in [0.05, 0.1) is 44.5 Å². The van der Waals surface area contributed by atoms with Crippen LogP contribution < -0.4 is 15.1 Å². The van der Waals surface area contributed by atoms with Crippen molar-refractivity contribution in [3.8, 4) is 0 Å². The first kappa shape index (κ1) is 24.6. The van der Waals surface area contributed by atoms with E-state index in [-0.39, 0.29) is 5.97 Å².